The lowest BCUT2D eigenvalue weighted by Gasteiger charge is -2.28. The number of thiocarbonyl (C=S) groups is 1. The second-order valence-corrected chi connectivity index (χ2v) is 9.39. The number of nitrogens with zero attached hydrogens (tertiary/aromatic N) is 3. The number of carbonyl (C=O) groups excluding carboxylic acids is 1. The van der Waals surface area contributed by atoms with Crippen molar-refractivity contribution in [1.82, 2.24) is 20.8 Å². The van der Waals surface area contributed by atoms with Crippen molar-refractivity contribution in [2.45, 2.75) is 24.3 Å². The van der Waals surface area contributed by atoms with Crippen LogP contribution in [0.4, 0.5) is 8.78 Å². The Bertz CT molecular complexity index is 1050. The van der Waals surface area contributed by atoms with Crippen molar-refractivity contribution in [2.24, 2.45) is 4.99 Å². The minimum atomic E-state index is -2.62. The Morgan fingerprint density at radius 2 is 1.94 bits per heavy atom. The molecule has 1 amide bonds. The zero-order valence-electron chi connectivity index (χ0n) is 15.7. The predicted octanol–water partition coefficient (Wildman–Crippen LogP) is 3.09. The molecule has 0 aliphatic carbocycles. The Hall–Kier alpha value is -1.89. The van der Waals surface area contributed by atoms with E-state index in [0.29, 0.717) is 25.8 Å². The number of hydrogen-bond donors (Lipinski definition) is 2. The first-order valence-corrected chi connectivity index (χ1v) is 11.1. The molecule has 1 saturated heterocycles. The van der Waals surface area contributed by atoms with Crippen LogP contribution in [0.25, 0.3) is 0 Å². The van der Waals surface area contributed by atoms with E-state index in [0.717, 1.165) is 0 Å². The zero-order valence-corrected chi connectivity index (χ0v) is 19.7. The van der Waals surface area contributed by atoms with Crippen molar-refractivity contribution >= 4 is 60.7 Å². The van der Waals surface area contributed by atoms with Crippen LogP contribution in [-0.4, -0.2) is 52.2 Å². The Morgan fingerprint density at radius 1 is 1.26 bits per heavy atom. The molecule has 0 spiro atoms. The van der Waals surface area contributed by atoms with Gasteiger partial charge in [0.2, 0.25) is 6.43 Å². The van der Waals surface area contributed by atoms with Crippen LogP contribution in [0.5, 0.6) is 0 Å². The standard InChI is InChI=1S/C19H15Br2F2N5O2S/c20-11-1-10(2-12(21)3-11)19(18(22)23)4-13(26-8-19)15-24-5-9(6-25-15)17(31)27-14-7-30-28-16(14)29/h1-3,5-6,14,18H,4,7-8H2,(H,27,31)(H,28,29). The molecular formula is C19H15Br2F2N5O2S. The number of amides is 1. The van der Waals surface area contributed by atoms with Crippen LogP contribution >= 0.6 is 44.1 Å². The van der Waals surface area contributed by atoms with E-state index in [1.807, 2.05) is 0 Å². The Kier molecular flexibility index (Phi) is 6.42. The highest BCUT2D eigenvalue weighted by Gasteiger charge is 2.47. The van der Waals surface area contributed by atoms with Crippen LogP contribution < -0.4 is 10.8 Å². The third-order valence-electron chi connectivity index (χ3n) is 5.11. The van der Waals surface area contributed by atoms with Crippen LogP contribution in [0.3, 0.4) is 0 Å². The summed E-state index contributed by atoms with van der Waals surface area (Å²) in [5.74, 6) is -0.0483. The average Bonchev–Trinajstić information content (AvgIpc) is 3.35. The fourth-order valence-electron chi connectivity index (χ4n) is 3.39. The molecule has 12 heteroatoms. The monoisotopic (exact) mass is 573 g/mol. The second-order valence-electron chi connectivity index (χ2n) is 7.15. The molecule has 1 fully saturated rings. The maximum Gasteiger partial charge on any atom is 0.268 e. The summed E-state index contributed by atoms with van der Waals surface area (Å²) in [5.41, 5.74) is 2.18. The maximum absolute atomic E-state index is 14.2. The van der Waals surface area contributed by atoms with E-state index >= 15 is 0 Å². The number of aliphatic imine (C=N–C) groups is 1. The van der Waals surface area contributed by atoms with Gasteiger partial charge in [0.15, 0.2) is 5.82 Å². The summed E-state index contributed by atoms with van der Waals surface area (Å²) in [5, 5.41) is 2.87. The molecular weight excluding hydrogens is 560 g/mol. The smallest absolute Gasteiger partial charge is 0.268 e. The second kappa shape index (κ2) is 8.93. The molecule has 2 aliphatic heterocycles. The summed E-state index contributed by atoms with van der Waals surface area (Å²) in [6.07, 6.45) is 0.346. The highest BCUT2D eigenvalue weighted by atomic mass is 79.9. The van der Waals surface area contributed by atoms with Crippen LogP contribution in [0.1, 0.15) is 23.4 Å². The third-order valence-corrected chi connectivity index (χ3v) is 6.38. The van der Waals surface area contributed by atoms with E-state index in [1.54, 1.807) is 18.2 Å². The third kappa shape index (κ3) is 4.52. The number of carbonyl (C=O) groups is 1. The number of benzene rings is 1. The number of aromatic nitrogens is 2. The minimum Gasteiger partial charge on any atom is -0.362 e. The van der Waals surface area contributed by atoms with Gasteiger partial charge in [0, 0.05) is 33.3 Å². The number of hydroxylamine groups is 1. The van der Waals surface area contributed by atoms with Gasteiger partial charge < -0.3 is 5.32 Å². The van der Waals surface area contributed by atoms with Gasteiger partial charge in [-0.25, -0.2) is 24.2 Å². The van der Waals surface area contributed by atoms with Gasteiger partial charge in [-0.1, -0.05) is 44.1 Å². The summed E-state index contributed by atoms with van der Waals surface area (Å²) in [6.45, 7) is 0.0842. The molecule has 2 atom stereocenters. The Morgan fingerprint density at radius 3 is 2.52 bits per heavy atom. The van der Waals surface area contributed by atoms with Crippen LogP contribution in [0.2, 0.25) is 0 Å². The summed E-state index contributed by atoms with van der Waals surface area (Å²) >= 11 is 12.0. The molecule has 2 unspecified atom stereocenters. The number of alkyl halides is 2. The first-order chi connectivity index (χ1) is 14.8. The van der Waals surface area contributed by atoms with Gasteiger partial charge in [-0.2, -0.15) is 0 Å². The van der Waals surface area contributed by atoms with E-state index in [9.17, 15) is 13.6 Å². The van der Waals surface area contributed by atoms with Crippen LogP contribution in [0.15, 0.2) is 44.5 Å². The lowest BCUT2D eigenvalue weighted by Crippen LogP contribution is -2.41. The van der Waals surface area contributed by atoms with E-state index in [2.05, 4.69) is 57.6 Å². The first kappa shape index (κ1) is 22.3. The van der Waals surface area contributed by atoms with Gasteiger partial charge in [-0.3, -0.25) is 14.6 Å². The molecule has 3 heterocycles. The molecule has 0 radical (unpaired) electrons. The van der Waals surface area contributed by atoms with Crippen LogP contribution in [-0.2, 0) is 15.0 Å². The van der Waals surface area contributed by atoms with Gasteiger partial charge in [0.25, 0.3) is 5.91 Å². The Balaban J connectivity index is 1.51. The normalized spacial score (nSPS) is 23.1. The number of halogens is 4. The number of nitrogens with one attached hydrogen (secondary N) is 2. The molecule has 2 aliphatic rings. The quantitative estimate of drug-likeness (QED) is 0.534. The van der Waals surface area contributed by atoms with Crippen LogP contribution in [0, 0.1) is 0 Å². The summed E-state index contributed by atoms with van der Waals surface area (Å²) in [6, 6.07) is 4.57. The SMILES string of the molecule is O=C1NOCC1NC(=S)c1cnc(C2=NCC(c3cc(Br)cc(Br)c3)(C(F)F)C2)nc1. The maximum atomic E-state index is 14.2. The molecule has 162 valence electrons. The van der Waals surface area contributed by atoms with E-state index in [-0.39, 0.29) is 36.3 Å². The molecule has 0 saturated carbocycles. The first-order valence-electron chi connectivity index (χ1n) is 9.11. The largest absolute Gasteiger partial charge is 0.362 e. The summed E-state index contributed by atoms with van der Waals surface area (Å²) < 4.78 is 29.8. The molecule has 2 N–H and O–H groups in total. The molecule has 31 heavy (non-hydrogen) atoms. The van der Waals surface area contributed by atoms with Crippen molar-refractivity contribution < 1.29 is 18.4 Å². The zero-order chi connectivity index (χ0) is 22.2. The molecule has 7 nitrogen and oxygen atoms in total. The van der Waals surface area contributed by atoms with Gasteiger partial charge in [-0.15, -0.1) is 0 Å². The average molecular weight is 575 g/mol. The molecule has 2 aromatic rings. The topological polar surface area (TPSA) is 88.5 Å². The van der Waals surface area contributed by atoms with Gasteiger partial charge in [-0.05, 0) is 23.8 Å². The van der Waals surface area contributed by atoms with E-state index in [4.69, 9.17) is 17.1 Å². The van der Waals surface area contributed by atoms with Gasteiger partial charge in [0.05, 0.1) is 17.7 Å². The highest BCUT2D eigenvalue weighted by Crippen LogP contribution is 2.41. The van der Waals surface area contributed by atoms with Crippen molar-refractivity contribution in [3.05, 3.63) is 56.5 Å². The van der Waals surface area contributed by atoms with Crippen molar-refractivity contribution in [3.63, 3.8) is 0 Å². The van der Waals surface area contributed by atoms with E-state index in [1.165, 1.54) is 12.4 Å². The molecule has 0 bridgehead atoms. The van der Waals surface area contributed by atoms with E-state index < -0.39 is 17.9 Å². The lowest BCUT2D eigenvalue weighted by atomic mass is 9.78. The number of rotatable bonds is 5. The van der Waals surface area contributed by atoms with Crippen molar-refractivity contribution in [3.8, 4) is 0 Å². The fourth-order valence-corrected chi connectivity index (χ4v) is 4.93. The number of hydrogen-bond acceptors (Lipinski definition) is 6. The molecule has 1 aromatic carbocycles. The molecule has 1 aromatic heterocycles. The fraction of sp³-hybridized carbons (Fsp3) is 0.316. The highest BCUT2D eigenvalue weighted by molar-refractivity contribution is 9.11. The van der Waals surface area contributed by atoms with Crippen molar-refractivity contribution in [1.29, 1.82) is 0 Å². The summed E-state index contributed by atoms with van der Waals surface area (Å²) in [7, 11) is 0. The summed E-state index contributed by atoms with van der Waals surface area (Å²) in [4.78, 5) is 29.6. The van der Waals surface area contributed by atoms with Gasteiger partial charge in [0.1, 0.15) is 17.6 Å². The predicted molar refractivity (Wildman–Crippen MR) is 120 cm³/mol. The minimum absolute atomic E-state index is 0.00911. The lowest BCUT2D eigenvalue weighted by molar-refractivity contribution is -0.124. The molecule has 4 rings (SSSR count). The Labute approximate surface area is 198 Å². The van der Waals surface area contributed by atoms with Crippen molar-refractivity contribution in [2.75, 3.05) is 13.2 Å². The van der Waals surface area contributed by atoms with Gasteiger partial charge >= 0.3 is 0 Å².